The molecule has 0 spiro atoms. The number of ketones is 1. The molecule has 2 rings (SSSR count). The Morgan fingerprint density at radius 3 is 2.59 bits per heavy atom. The summed E-state index contributed by atoms with van der Waals surface area (Å²) in [5, 5.41) is 0. The molecule has 0 aromatic carbocycles. The molecule has 3 atom stereocenters. The van der Waals surface area contributed by atoms with Crippen LogP contribution >= 0.6 is 0 Å². The minimum atomic E-state index is 0.0983. The van der Waals surface area contributed by atoms with Crippen LogP contribution in [0.5, 0.6) is 0 Å². The van der Waals surface area contributed by atoms with Gasteiger partial charge in [-0.1, -0.05) is 0 Å². The average molecular weight is 307 g/mol. The quantitative estimate of drug-likeness (QED) is 0.861. The highest BCUT2D eigenvalue weighted by Gasteiger charge is 2.29. The minimum absolute atomic E-state index is 0.0983. The van der Waals surface area contributed by atoms with Crippen LogP contribution in [0.15, 0.2) is 16.3 Å². The van der Waals surface area contributed by atoms with Crippen molar-refractivity contribution in [3.05, 3.63) is 11.3 Å². The smallest absolute Gasteiger partial charge is 0.151 e. The van der Waals surface area contributed by atoms with Gasteiger partial charge < -0.3 is 10.5 Å². The first-order chi connectivity index (χ1) is 10.4. The fourth-order valence-corrected chi connectivity index (χ4v) is 3.40. The number of nitrogens with zero attached hydrogens (tertiary/aromatic N) is 2. The molecule has 1 saturated heterocycles. The van der Waals surface area contributed by atoms with Gasteiger partial charge in [0.25, 0.3) is 0 Å². The predicted octanol–water partition coefficient (Wildman–Crippen LogP) is 1.91. The summed E-state index contributed by atoms with van der Waals surface area (Å²) in [5.74, 6) is 0.0983. The number of hydrogen-bond donors (Lipinski definition) is 1. The summed E-state index contributed by atoms with van der Waals surface area (Å²) in [6.45, 7) is 10.0. The molecule has 124 valence electrons. The first-order valence-electron chi connectivity index (χ1n) is 8.29. The molecule has 0 radical (unpaired) electrons. The van der Waals surface area contributed by atoms with Gasteiger partial charge in [-0.05, 0) is 52.5 Å². The largest absolute Gasteiger partial charge is 0.400 e. The van der Waals surface area contributed by atoms with Crippen LogP contribution in [0, 0.1) is 0 Å². The topological polar surface area (TPSA) is 67.9 Å². The number of allylic oxidation sites excluding steroid dienone is 1. The van der Waals surface area contributed by atoms with E-state index in [-0.39, 0.29) is 30.6 Å². The van der Waals surface area contributed by atoms with Crippen molar-refractivity contribution >= 4 is 11.5 Å². The van der Waals surface area contributed by atoms with Crippen LogP contribution in [-0.2, 0) is 9.53 Å². The summed E-state index contributed by atoms with van der Waals surface area (Å²) in [4.78, 5) is 18.0. The number of nitrogens with two attached hydrogens (primary N) is 1. The van der Waals surface area contributed by atoms with Gasteiger partial charge >= 0.3 is 0 Å². The number of ether oxygens (including phenoxy) is 1. The highest BCUT2D eigenvalue weighted by molar-refractivity contribution is 6.03. The van der Waals surface area contributed by atoms with E-state index in [1.54, 1.807) is 6.92 Å². The lowest BCUT2D eigenvalue weighted by Gasteiger charge is -2.39. The monoisotopic (exact) mass is 307 g/mol. The third-order valence-corrected chi connectivity index (χ3v) is 4.48. The van der Waals surface area contributed by atoms with E-state index in [0.717, 1.165) is 43.8 Å². The van der Waals surface area contributed by atoms with E-state index >= 15 is 0 Å². The fourth-order valence-electron chi connectivity index (χ4n) is 3.40. The summed E-state index contributed by atoms with van der Waals surface area (Å²) >= 11 is 0. The zero-order chi connectivity index (χ0) is 16.3. The van der Waals surface area contributed by atoms with Gasteiger partial charge in [-0.25, -0.2) is 0 Å². The second-order valence-electron chi connectivity index (χ2n) is 6.64. The maximum atomic E-state index is 11.2. The van der Waals surface area contributed by atoms with E-state index in [9.17, 15) is 4.79 Å². The summed E-state index contributed by atoms with van der Waals surface area (Å²) < 4.78 is 5.80. The second kappa shape index (κ2) is 7.38. The molecule has 1 heterocycles. The Labute approximate surface area is 133 Å². The van der Waals surface area contributed by atoms with Gasteiger partial charge in [0.15, 0.2) is 5.78 Å². The standard InChI is InChI=1S/C17H29N3O2/c1-11(21)8-19-16-7-5-6-15(16)17(18)14(4)20-9-12(2)22-13(3)10-20/h12-14H,5-10,18H2,1-4H3/b17-15-,19-16?. The molecule has 0 bridgehead atoms. The van der Waals surface area contributed by atoms with E-state index < -0.39 is 0 Å². The van der Waals surface area contributed by atoms with Crippen LogP contribution in [0.3, 0.4) is 0 Å². The Bertz CT molecular complexity index is 474. The summed E-state index contributed by atoms with van der Waals surface area (Å²) in [5.41, 5.74) is 9.59. The first kappa shape index (κ1) is 17.2. The summed E-state index contributed by atoms with van der Waals surface area (Å²) in [6.07, 6.45) is 3.46. The maximum Gasteiger partial charge on any atom is 0.151 e. The molecule has 0 amide bonds. The predicted molar refractivity (Wildman–Crippen MR) is 89.1 cm³/mol. The number of aliphatic imine (C=N–C) groups is 1. The number of carbonyl (C=O) groups excluding carboxylic acids is 1. The van der Waals surface area contributed by atoms with E-state index in [1.807, 2.05) is 0 Å². The lowest BCUT2D eigenvalue weighted by Crippen LogP contribution is -2.50. The first-order valence-corrected chi connectivity index (χ1v) is 8.29. The molecule has 0 aromatic rings. The van der Waals surface area contributed by atoms with Crippen LogP contribution < -0.4 is 5.73 Å². The Kier molecular flexibility index (Phi) is 5.75. The van der Waals surface area contributed by atoms with E-state index in [2.05, 4.69) is 30.7 Å². The highest BCUT2D eigenvalue weighted by atomic mass is 16.5. The maximum absolute atomic E-state index is 11.2. The van der Waals surface area contributed by atoms with Gasteiger partial charge in [0.1, 0.15) is 0 Å². The second-order valence-corrected chi connectivity index (χ2v) is 6.64. The lowest BCUT2D eigenvalue weighted by molar-refractivity contribution is -0.115. The van der Waals surface area contributed by atoms with Crippen molar-refractivity contribution in [2.75, 3.05) is 19.6 Å². The molecule has 22 heavy (non-hydrogen) atoms. The molecule has 2 fully saturated rings. The zero-order valence-electron chi connectivity index (χ0n) is 14.3. The molecule has 2 aliphatic rings. The van der Waals surface area contributed by atoms with Gasteiger partial charge in [0.2, 0.25) is 0 Å². The van der Waals surface area contributed by atoms with Crippen LogP contribution in [-0.4, -0.2) is 54.3 Å². The van der Waals surface area contributed by atoms with Crippen molar-refractivity contribution in [1.82, 2.24) is 4.90 Å². The molecular weight excluding hydrogens is 278 g/mol. The zero-order valence-corrected chi connectivity index (χ0v) is 14.3. The third-order valence-electron chi connectivity index (χ3n) is 4.48. The Hall–Kier alpha value is -1.20. The Morgan fingerprint density at radius 1 is 1.36 bits per heavy atom. The number of carbonyl (C=O) groups is 1. The molecule has 1 aliphatic carbocycles. The average Bonchev–Trinajstić information content (AvgIpc) is 2.90. The third kappa shape index (κ3) is 4.17. The van der Waals surface area contributed by atoms with E-state index in [0.29, 0.717) is 0 Å². The van der Waals surface area contributed by atoms with Crippen molar-refractivity contribution in [3.63, 3.8) is 0 Å². The van der Waals surface area contributed by atoms with Gasteiger partial charge in [0, 0.05) is 30.5 Å². The lowest BCUT2D eigenvalue weighted by atomic mass is 10.0. The van der Waals surface area contributed by atoms with Crippen molar-refractivity contribution in [3.8, 4) is 0 Å². The normalized spacial score (nSPS) is 32.3. The minimum Gasteiger partial charge on any atom is -0.400 e. The van der Waals surface area contributed by atoms with Gasteiger partial charge in [0.05, 0.1) is 18.8 Å². The SMILES string of the molecule is CC(=O)CN=C1CCC/C1=C(/N)C(C)N1CC(C)OC(C)C1. The molecule has 0 aromatic heterocycles. The number of hydrogen-bond acceptors (Lipinski definition) is 5. The molecular formula is C17H29N3O2. The van der Waals surface area contributed by atoms with E-state index in [1.165, 1.54) is 5.57 Å². The molecule has 5 nitrogen and oxygen atoms in total. The molecule has 1 aliphatic heterocycles. The summed E-state index contributed by atoms with van der Waals surface area (Å²) in [7, 11) is 0. The molecule has 1 saturated carbocycles. The van der Waals surface area contributed by atoms with Crippen LogP contribution in [0.2, 0.25) is 0 Å². The van der Waals surface area contributed by atoms with Crippen LogP contribution in [0.4, 0.5) is 0 Å². The number of rotatable bonds is 4. The van der Waals surface area contributed by atoms with Gasteiger partial charge in [-0.2, -0.15) is 0 Å². The molecule has 3 unspecified atom stereocenters. The van der Waals surface area contributed by atoms with Crippen molar-refractivity contribution < 1.29 is 9.53 Å². The number of Topliss-reactive ketones (excluding diaryl/α,β-unsaturated/α-hetero) is 1. The highest BCUT2D eigenvalue weighted by Crippen LogP contribution is 2.27. The van der Waals surface area contributed by atoms with Crippen molar-refractivity contribution in [2.24, 2.45) is 10.7 Å². The van der Waals surface area contributed by atoms with Crippen LogP contribution in [0.1, 0.15) is 47.0 Å². The fraction of sp³-hybridized carbons (Fsp3) is 0.765. The Balaban J connectivity index is 2.14. The van der Waals surface area contributed by atoms with E-state index in [4.69, 9.17) is 10.5 Å². The van der Waals surface area contributed by atoms with Crippen LogP contribution in [0.25, 0.3) is 0 Å². The van der Waals surface area contributed by atoms with Crippen molar-refractivity contribution in [2.45, 2.75) is 65.2 Å². The summed E-state index contributed by atoms with van der Waals surface area (Å²) in [6, 6.07) is 0.185. The molecule has 5 heteroatoms. The van der Waals surface area contributed by atoms with Gasteiger partial charge in [-0.3, -0.25) is 14.7 Å². The van der Waals surface area contributed by atoms with Gasteiger partial charge in [-0.15, -0.1) is 0 Å². The Morgan fingerprint density at radius 2 is 2.00 bits per heavy atom. The van der Waals surface area contributed by atoms with Crippen molar-refractivity contribution in [1.29, 1.82) is 0 Å². The molecule has 2 N–H and O–H groups in total. The number of morpholine rings is 1.